The van der Waals surface area contributed by atoms with Gasteiger partial charge in [-0.25, -0.2) is 0 Å². The van der Waals surface area contributed by atoms with Crippen molar-refractivity contribution in [2.45, 2.75) is 12.3 Å². The van der Waals surface area contributed by atoms with E-state index >= 15 is 0 Å². The number of hydrogen-bond acceptors (Lipinski definition) is 3. The molecule has 5 rings (SSSR count). The lowest BCUT2D eigenvalue weighted by atomic mass is 10.1. The number of fused-ring (bicyclic) bond motifs is 1. The third-order valence-corrected chi connectivity index (χ3v) is 5.27. The molecule has 1 N–H and O–H groups in total. The van der Waals surface area contributed by atoms with Crippen LogP contribution in [-0.2, 0) is 0 Å². The molecule has 0 aliphatic carbocycles. The molecule has 0 radical (unpaired) electrons. The number of carbonyl (C=O) groups is 1. The smallest absolute Gasteiger partial charge is 0.271 e. The second-order valence-corrected chi connectivity index (χ2v) is 6.98. The molecule has 1 aliphatic heterocycles. The van der Waals surface area contributed by atoms with E-state index in [1.54, 1.807) is 6.26 Å². The van der Waals surface area contributed by atoms with Gasteiger partial charge in [0.05, 0.1) is 12.0 Å². The van der Waals surface area contributed by atoms with Gasteiger partial charge >= 0.3 is 0 Å². The number of nitrogens with zero attached hydrogens (tertiary/aromatic N) is 2. The number of likely N-dealkylation sites (tertiary alicyclic amines) is 1. The highest BCUT2D eigenvalue weighted by Gasteiger charge is 2.30. The molecule has 134 valence electrons. The molecule has 1 aliphatic rings. The Bertz CT molecular complexity index is 1100. The summed E-state index contributed by atoms with van der Waals surface area (Å²) in [4.78, 5) is 14.7. The van der Waals surface area contributed by atoms with Crippen molar-refractivity contribution in [2.24, 2.45) is 0 Å². The number of nitrogens with one attached hydrogen (secondary N) is 1. The van der Waals surface area contributed by atoms with Crippen LogP contribution in [-0.4, -0.2) is 34.1 Å². The molecule has 5 heteroatoms. The summed E-state index contributed by atoms with van der Waals surface area (Å²) < 4.78 is 5.49. The molecule has 4 aromatic rings. The number of rotatable bonds is 3. The van der Waals surface area contributed by atoms with E-state index in [2.05, 4.69) is 34.5 Å². The van der Waals surface area contributed by atoms with E-state index < -0.39 is 0 Å². The maximum absolute atomic E-state index is 12.8. The van der Waals surface area contributed by atoms with Gasteiger partial charge in [-0.05, 0) is 41.5 Å². The Labute approximate surface area is 156 Å². The number of furan rings is 1. The maximum atomic E-state index is 12.8. The first-order valence-corrected chi connectivity index (χ1v) is 9.15. The van der Waals surface area contributed by atoms with E-state index in [1.165, 1.54) is 5.39 Å². The summed E-state index contributed by atoms with van der Waals surface area (Å²) >= 11 is 0. The average molecular weight is 357 g/mol. The first-order chi connectivity index (χ1) is 13.3. The molecular formula is C22H19N3O2. The third-order valence-electron chi connectivity index (χ3n) is 5.27. The Morgan fingerprint density at radius 3 is 2.81 bits per heavy atom. The SMILES string of the molecule is O=C(c1cc(-c2ccc3ccccc3c2)n[nH]1)N1CCC(c2ccco2)C1. The van der Waals surface area contributed by atoms with Gasteiger partial charge in [0.2, 0.25) is 0 Å². The summed E-state index contributed by atoms with van der Waals surface area (Å²) in [5.41, 5.74) is 2.31. The summed E-state index contributed by atoms with van der Waals surface area (Å²) in [7, 11) is 0. The summed E-state index contributed by atoms with van der Waals surface area (Å²) in [6.45, 7) is 1.41. The monoisotopic (exact) mass is 357 g/mol. The fourth-order valence-corrected chi connectivity index (χ4v) is 3.80. The van der Waals surface area contributed by atoms with Crippen molar-refractivity contribution in [1.82, 2.24) is 15.1 Å². The van der Waals surface area contributed by atoms with Gasteiger partial charge in [-0.1, -0.05) is 36.4 Å². The minimum atomic E-state index is -0.0106. The number of aromatic amines is 1. The lowest BCUT2D eigenvalue weighted by Gasteiger charge is -2.14. The maximum Gasteiger partial charge on any atom is 0.271 e. The third kappa shape index (κ3) is 2.91. The molecule has 1 atom stereocenters. The second kappa shape index (κ2) is 6.43. The van der Waals surface area contributed by atoms with Crippen LogP contribution < -0.4 is 0 Å². The fraction of sp³-hybridized carbons (Fsp3) is 0.182. The lowest BCUT2D eigenvalue weighted by Crippen LogP contribution is -2.28. The van der Waals surface area contributed by atoms with E-state index in [0.717, 1.165) is 35.4 Å². The Kier molecular flexibility index (Phi) is 3.78. The Morgan fingerprint density at radius 1 is 1.07 bits per heavy atom. The molecule has 1 saturated heterocycles. The van der Waals surface area contributed by atoms with Crippen molar-refractivity contribution < 1.29 is 9.21 Å². The highest BCUT2D eigenvalue weighted by atomic mass is 16.3. The van der Waals surface area contributed by atoms with Gasteiger partial charge in [0, 0.05) is 24.6 Å². The average Bonchev–Trinajstić information content (AvgIpc) is 3.48. The van der Waals surface area contributed by atoms with Crippen molar-refractivity contribution in [1.29, 1.82) is 0 Å². The predicted octanol–water partition coefficient (Wildman–Crippen LogP) is 4.45. The minimum Gasteiger partial charge on any atom is -0.469 e. The van der Waals surface area contributed by atoms with E-state index in [0.29, 0.717) is 12.2 Å². The number of amides is 1. The van der Waals surface area contributed by atoms with Crippen LogP contribution in [0.2, 0.25) is 0 Å². The summed E-state index contributed by atoms with van der Waals surface area (Å²) in [5, 5.41) is 9.63. The van der Waals surface area contributed by atoms with E-state index in [1.807, 2.05) is 41.3 Å². The number of carbonyl (C=O) groups excluding carboxylic acids is 1. The summed E-state index contributed by atoms with van der Waals surface area (Å²) in [6.07, 6.45) is 2.61. The molecule has 5 nitrogen and oxygen atoms in total. The molecule has 0 spiro atoms. The zero-order chi connectivity index (χ0) is 18.2. The topological polar surface area (TPSA) is 62.1 Å². The molecule has 3 heterocycles. The fourth-order valence-electron chi connectivity index (χ4n) is 3.80. The van der Waals surface area contributed by atoms with Gasteiger partial charge in [-0.3, -0.25) is 9.89 Å². The molecule has 1 amide bonds. The van der Waals surface area contributed by atoms with Crippen molar-refractivity contribution >= 4 is 16.7 Å². The van der Waals surface area contributed by atoms with Crippen LogP contribution in [0.5, 0.6) is 0 Å². The van der Waals surface area contributed by atoms with Gasteiger partial charge < -0.3 is 9.32 Å². The van der Waals surface area contributed by atoms with Crippen LogP contribution in [0.4, 0.5) is 0 Å². The number of aromatic nitrogens is 2. The second-order valence-electron chi connectivity index (χ2n) is 6.98. The van der Waals surface area contributed by atoms with E-state index in [4.69, 9.17) is 4.42 Å². The Hall–Kier alpha value is -3.34. The molecule has 2 aromatic heterocycles. The first-order valence-electron chi connectivity index (χ1n) is 9.15. The van der Waals surface area contributed by atoms with Crippen LogP contribution in [0.15, 0.2) is 71.3 Å². The summed E-state index contributed by atoms with van der Waals surface area (Å²) in [5.74, 6) is 1.21. The van der Waals surface area contributed by atoms with Crippen LogP contribution in [0.1, 0.15) is 28.6 Å². The number of hydrogen-bond donors (Lipinski definition) is 1. The largest absolute Gasteiger partial charge is 0.469 e. The standard InChI is InChI=1S/C22H19N3O2/c26-22(25-10-9-18(14-25)21-6-3-11-27-21)20-13-19(23-24-20)17-8-7-15-4-1-2-5-16(15)12-17/h1-8,11-13,18H,9-10,14H2,(H,23,24). The molecule has 1 unspecified atom stereocenters. The van der Waals surface area contributed by atoms with Gasteiger partial charge in [-0.15, -0.1) is 0 Å². The van der Waals surface area contributed by atoms with Crippen molar-refractivity contribution in [3.05, 3.63) is 78.4 Å². The lowest BCUT2D eigenvalue weighted by molar-refractivity contribution is 0.0784. The quantitative estimate of drug-likeness (QED) is 0.589. The van der Waals surface area contributed by atoms with Crippen LogP contribution in [0, 0.1) is 0 Å². The van der Waals surface area contributed by atoms with Crippen LogP contribution >= 0.6 is 0 Å². The highest BCUT2D eigenvalue weighted by molar-refractivity contribution is 5.94. The molecule has 2 aromatic carbocycles. The Balaban J connectivity index is 1.36. The predicted molar refractivity (Wildman–Crippen MR) is 103 cm³/mol. The number of H-pyrrole nitrogens is 1. The number of benzene rings is 2. The zero-order valence-electron chi connectivity index (χ0n) is 14.8. The van der Waals surface area contributed by atoms with E-state index in [-0.39, 0.29) is 11.8 Å². The van der Waals surface area contributed by atoms with Crippen molar-refractivity contribution in [3.8, 4) is 11.3 Å². The Morgan fingerprint density at radius 2 is 1.96 bits per heavy atom. The van der Waals surface area contributed by atoms with Gasteiger partial charge in [0.1, 0.15) is 11.5 Å². The van der Waals surface area contributed by atoms with Crippen molar-refractivity contribution in [2.75, 3.05) is 13.1 Å². The van der Waals surface area contributed by atoms with E-state index in [9.17, 15) is 4.79 Å². The van der Waals surface area contributed by atoms with Gasteiger partial charge in [-0.2, -0.15) is 5.10 Å². The summed E-state index contributed by atoms with van der Waals surface area (Å²) in [6, 6.07) is 20.1. The zero-order valence-corrected chi connectivity index (χ0v) is 14.8. The van der Waals surface area contributed by atoms with Gasteiger partial charge in [0.15, 0.2) is 0 Å². The first kappa shape index (κ1) is 15.9. The van der Waals surface area contributed by atoms with Crippen LogP contribution in [0.25, 0.3) is 22.0 Å². The highest BCUT2D eigenvalue weighted by Crippen LogP contribution is 2.29. The normalized spacial score (nSPS) is 16.9. The molecule has 1 fully saturated rings. The molecule has 27 heavy (non-hydrogen) atoms. The minimum absolute atomic E-state index is 0.0106. The van der Waals surface area contributed by atoms with Crippen LogP contribution in [0.3, 0.4) is 0 Å². The molecular weight excluding hydrogens is 338 g/mol. The molecule has 0 saturated carbocycles. The molecule has 0 bridgehead atoms. The van der Waals surface area contributed by atoms with Gasteiger partial charge in [0.25, 0.3) is 5.91 Å². The van der Waals surface area contributed by atoms with Crippen molar-refractivity contribution in [3.63, 3.8) is 0 Å².